The summed E-state index contributed by atoms with van der Waals surface area (Å²) in [5.74, 6) is -2.04. The van der Waals surface area contributed by atoms with Crippen molar-refractivity contribution in [2.24, 2.45) is 7.05 Å². The number of nitrogens with zero attached hydrogens (tertiary/aromatic N) is 1. The lowest BCUT2D eigenvalue weighted by molar-refractivity contribution is -0.142. The van der Waals surface area contributed by atoms with Crippen LogP contribution in [0.1, 0.15) is 39.8 Å². The number of ether oxygens (including phenoxy) is 1. The molecule has 1 aromatic carbocycles. The molecule has 0 unspecified atom stereocenters. The van der Waals surface area contributed by atoms with E-state index < -0.39 is 52.9 Å². The van der Waals surface area contributed by atoms with Gasteiger partial charge in [-0.3, -0.25) is 9.59 Å². The second-order valence-corrected chi connectivity index (χ2v) is 5.84. The van der Waals surface area contributed by atoms with E-state index in [0.29, 0.717) is 18.2 Å². The van der Waals surface area contributed by atoms with E-state index in [1.54, 1.807) is 0 Å². The van der Waals surface area contributed by atoms with Gasteiger partial charge in [0.15, 0.2) is 0 Å². The second kappa shape index (κ2) is 7.69. The predicted molar refractivity (Wildman–Crippen MR) is 85.6 cm³/mol. The molecule has 152 valence electrons. The summed E-state index contributed by atoms with van der Waals surface area (Å²) in [6.07, 6.45) is -10.2. The van der Waals surface area contributed by atoms with E-state index in [9.17, 15) is 35.9 Å². The molecule has 0 radical (unpaired) electrons. The number of carbonyl (C=O) groups is 2. The first-order chi connectivity index (χ1) is 12.9. The molecule has 28 heavy (non-hydrogen) atoms. The third kappa shape index (κ3) is 4.55. The molecular weight excluding hydrogens is 392 g/mol. The van der Waals surface area contributed by atoms with Crippen molar-refractivity contribution in [3.8, 4) is 0 Å². The van der Waals surface area contributed by atoms with Crippen LogP contribution in [0.3, 0.4) is 0 Å². The maximum atomic E-state index is 13.4. The van der Waals surface area contributed by atoms with Gasteiger partial charge in [-0.05, 0) is 25.1 Å². The van der Waals surface area contributed by atoms with Gasteiger partial charge in [0.05, 0.1) is 24.2 Å². The summed E-state index contributed by atoms with van der Waals surface area (Å²) in [6, 6.07) is 3.75. The molecule has 0 aliphatic carbocycles. The standard InChI is InChI=1S/C18H15F6NO3/c1-3-28-14(26)9-12-8-13(18(22,23)24)15(25(12)2)16(27)10-5-4-6-11(7-10)17(19,20)21/h4-8H,3,9H2,1-2H3. The maximum Gasteiger partial charge on any atom is 0.418 e. The average Bonchev–Trinajstić information content (AvgIpc) is 2.90. The van der Waals surface area contributed by atoms with Gasteiger partial charge in [-0.25, -0.2) is 0 Å². The normalized spacial score (nSPS) is 12.1. The summed E-state index contributed by atoms with van der Waals surface area (Å²) in [4.78, 5) is 24.2. The highest BCUT2D eigenvalue weighted by Gasteiger charge is 2.39. The first kappa shape index (κ1) is 21.5. The molecule has 1 heterocycles. The third-order valence-electron chi connectivity index (χ3n) is 3.94. The van der Waals surface area contributed by atoms with Crippen LogP contribution < -0.4 is 0 Å². The van der Waals surface area contributed by atoms with E-state index >= 15 is 0 Å². The molecule has 0 saturated heterocycles. The van der Waals surface area contributed by atoms with Gasteiger partial charge < -0.3 is 9.30 Å². The highest BCUT2D eigenvalue weighted by Crippen LogP contribution is 2.36. The number of hydrogen-bond acceptors (Lipinski definition) is 3. The number of benzene rings is 1. The van der Waals surface area contributed by atoms with Crippen LogP contribution in [0.2, 0.25) is 0 Å². The Hall–Kier alpha value is -2.78. The van der Waals surface area contributed by atoms with Crippen molar-refractivity contribution in [2.75, 3.05) is 6.61 Å². The van der Waals surface area contributed by atoms with Crippen LogP contribution in [0.5, 0.6) is 0 Å². The van der Waals surface area contributed by atoms with Gasteiger partial charge >= 0.3 is 18.3 Å². The fourth-order valence-corrected chi connectivity index (χ4v) is 2.65. The Labute approximate surface area is 155 Å². The molecule has 0 atom stereocenters. The minimum absolute atomic E-state index is 0.0193. The van der Waals surface area contributed by atoms with Crippen molar-refractivity contribution in [1.29, 1.82) is 0 Å². The van der Waals surface area contributed by atoms with Crippen molar-refractivity contribution >= 4 is 11.8 Å². The van der Waals surface area contributed by atoms with E-state index in [0.717, 1.165) is 23.7 Å². The monoisotopic (exact) mass is 407 g/mol. The van der Waals surface area contributed by atoms with Crippen molar-refractivity contribution in [3.63, 3.8) is 0 Å². The van der Waals surface area contributed by atoms with E-state index in [4.69, 9.17) is 4.74 Å². The first-order valence-electron chi connectivity index (χ1n) is 7.99. The third-order valence-corrected chi connectivity index (χ3v) is 3.94. The van der Waals surface area contributed by atoms with Crippen LogP contribution in [0.15, 0.2) is 30.3 Å². The summed E-state index contributed by atoms with van der Waals surface area (Å²) in [7, 11) is 1.13. The predicted octanol–water partition coefficient (Wildman–Crippen LogP) is 4.40. The largest absolute Gasteiger partial charge is 0.466 e. The minimum Gasteiger partial charge on any atom is -0.466 e. The number of aromatic nitrogens is 1. The summed E-state index contributed by atoms with van der Waals surface area (Å²) < 4.78 is 84.3. The van der Waals surface area contributed by atoms with Crippen LogP contribution >= 0.6 is 0 Å². The fraction of sp³-hybridized carbons (Fsp3) is 0.333. The van der Waals surface area contributed by atoms with Gasteiger partial charge in [0.1, 0.15) is 5.69 Å². The zero-order valence-corrected chi connectivity index (χ0v) is 14.7. The molecule has 2 aromatic rings. The lowest BCUT2D eigenvalue weighted by Crippen LogP contribution is -2.17. The van der Waals surface area contributed by atoms with Gasteiger partial charge in [-0.2, -0.15) is 26.3 Å². The van der Waals surface area contributed by atoms with E-state index in [2.05, 4.69) is 0 Å². The van der Waals surface area contributed by atoms with Crippen LogP contribution in [-0.4, -0.2) is 22.9 Å². The number of esters is 1. The smallest absolute Gasteiger partial charge is 0.418 e. The molecule has 0 N–H and O–H groups in total. The molecule has 0 aliphatic rings. The summed E-state index contributed by atoms with van der Waals surface area (Å²) >= 11 is 0. The van der Waals surface area contributed by atoms with Crippen LogP contribution in [0.25, 0.3) is 0 Å². The van der Waals surface area contributed by atoms with Crippen molar-refractivity contribution in [1.82, 2.24) is 4.57 Å². The molecule has 0 amide bonds. The van der Waals surface area contributed by atoms with Gasteiger partial charge in [0, 0.05) is 18.3 Å². The fourth-order valence-electron chi connectivity index (χ4n) is 2.65. The number of carbonyl (C=O) groups excluding carboxylic acids is 2. The minimum atomic E-state index is -4.95. The van der Waals surface area contributed by atoms with Gasteiger partial charge in [0.25, 0.3) is 0 Å². The Morgan fingerprint density at radius 1 is 1.04 bits per heavy atom. The summed E-state index contributed by atoms with van der Waals surface area (Å²) in [6.45, 7) is 1.54. The highest BCUT2D eigenvalue weighted by atomic mass is 19.4. The Balaban J connectivity index is 2.56. The number of alkyl halides is 6. The molecule has 0 spiro atoms. The molecule has 0 aliphatic heterocycles. The van der Waals surface area contributed by atoms with Gasteiger partial charge in [-0.15, -0.1) is 0 Å². The first-order valence-corrected chi connectivity index (χ1v) is 7.99. The quantitative estimate of drug-likeness (QED) is 0.419. The molecule has 2 rings (SSSR count). The van der Waals surface area contributed by atoms with E-state index in [1.807, 2.05) is 0 Å². The maximum absolute atomic E-state index is 13.4. The molecule has 10 heteroatoms. The van der Waals surface area contributed by atoms with Gasteiger partial charge in [-0.1, -0.05) is 12.1 Å². The molecule has 0 saturated carbocycles. The topological polar surface area (TPSA) is 48.3 Å². The summed E-state index contributed by atoms with van der Waals surface area (Å²) in [5.41, 5.74) is -4.05. The Morgan fingerprint density at radius 3 is 2.21 bits per heavy atom. The zero-order chi connectivity index (χ0) is 21.3. The highest BCUT2D eigenvalue weighted by molar-refractivity contribution is 6.09. The number of hydrogen-bond donors (Lipinski definition) is 0. The van der Waals surface area contributed by atoms with Crippen molar-refractivity contribution < 1.29 is 40.7 Å². The molecule has 0 bridgehead atoms. The molecule has 0 fully saturated rings. The van der Waals surface area contributed by atoms with Crippen molar-refractivity contribution in [3.05, 3.63) is 58.4 Å². The van der Waals surface area contributed by atoms with E-state index in [-0.39, 0.29) is 12.3 Å². The zero-order valence-electron chi connectivity index (χ0n) is 14.7. The molecular formula is C18H15F6NO3. The summed E-state index contributed by atoms with van der Waals surface area (Å²) in [5, 5.41) is 0. The van der Waals surface area contributed by atoms with E-state index in [1.165, 1.54) is 6.92 Å². The van der Waals surface area contributed by atoms with Gasteiger partial charge in [0.2, 0.25) is 5.78 Å². The number of ketones is 1. The lowest BCUT2D eigenvalue weighted by Gasteiger charge is -2.12. The second-order valence-electron chi connectivity index (χ2n) is 5.84. The Kier molecular flexibility index (Phi) is 5.91. The molecule has 1 aromatic heterocycles. The van der Waals surface area contributed by atoms with Crippen LogP contribution in [0.4, 0.5) is 26.3 Å². The SMILES string of the molecule is CCOC(=O)Cc1cc(C(F)(F)F)c(C(=O)c2cccc(C(F)(F)F)c2)n1C. The molecule has 4 nitrogen and oxygen atoms in total. The lowest BCUT2D eigenvalue weighted by atomic mass is 10.0. The average molecular weight is 407 g/mol. The van der Waals surface area contributed by atoms with Crippen LogP contribution in [-0.2, 0) is 35.4 Å². The number of halogens is 6. The Morgan fingerprint density at radius 2 is 1.68 bits per heavy atom. The number of rotatable bonds is 5. The van der Waals surface area contributed by atoms with Crippen molar-refractivity contribution in [2.45, 2.75) is 25.7 Å². The Bertz CT molecular complexity index is 896. The van der Waals surface area contributed by atoms with Crippen LogP contribution in [0, 0.1) is 0 Å².